The van der Waals surface area contributed by atoms with Crippen molar-refractivity contribution in [2.75, 3.05) is 23.4 Å². The van der Waals surface area contributed by atoms with E-state index in [2.05, 4.69) is 5.32 Å². The van der Waals surface area contributed by atoms with Crippen LogP contribution in [0.4, 0.5) is 11.4 Å². The fourth-order valence-corrected chi connectivity index (χ4v) is 2.67. The van der Waals surface area contributed by atoms with Crippen molar-refractivity contribution in [1.29, 1.82) is 5.26 Å². The molecule has 0 bridgehead atoms. The number of rotatable bonds is 5. The van der Waals surface area contributed by atoms with Crippen molar-refractivity contribution in [2.24, 2.45) is 0 Å². The summed E-state index contributed by atoms with van der Waals surface area (Å²) < 4.78 is 5.40. The van der Waals surface area contributed by atoms with Gasteiger partial charge < -0.3 is 15.0 Å². The molecule has 0 atom stereocenters. The first-order valence-corrected chi connectivity index (χ1v) is 7.99. The van der Waals surface area contributed by atoms with Gasteiger partial charge in [0.05, 0.1) is 11.6 Å². The van der Waals surface area contributed by atoms with Crippen LogP contribution in [0.15, 0.2) is 48.5 Å². The van der Waals surface area contributed by atoms with Crippen LogP contribution in [0.5, 0.6) is 5.75 Å². The van der Waals surface area contributed by atoms with Gasteiger partial charge in [-0.1, -0.05) is 12.1 Å². The Kier molecular flexibility index (Phi) is 4.95. The SMILES string of the molecule is N#Cc1cccc(OCC(=O)Nc2cccc(N3CCCC3=O)c2)c1. The van der Waals surface area contributed by atoms with Gasteiger partial charge in [0.25, 0.3) is 5.91 Å². The van der Waals surface area contributed by atoms with E-state index in [0.29, 0.717) is 30.0 Å². The molecule has 3 rings (SSSR count). The molecule has 2 aromatic carbocycles. The summed E-state index contributed by atoms with van der Waals surface area (Å²) in [7, 11) is 0. The van der Waals surface area contributed by atoms with Crippen molar-refractivity contribution < 1.29 is 14.3 Å². The van der Waals surface area contributed by atoms with Crippen LogP contribution in [0.3, 0.4) is 0 Å². The fourth-order valence-electron chi connectivity index (χ4n) is 2.67. The van der Waals surface area contributed by atoms with Gasteiger partial charge in [0.2, 0.25) is 5.91 Å². The second-order valence-corrected chi connectivity index (χ2v) is 5.68. The van der Waals surface area contributed by atoms with E-state index >= 15 is 0 Å². The van der Waals surface area contributed by atoms with Gasteiger partial charge in [0.15, 0.2) is 6.61 Å². The van der Waals surface area contributed by atoms with Crippen LogP contribution in [0.2, 0.25) is 0 Å². The molecule has 2 amide bonds. The van der Waals surface area contributed by atoms with Crippen LogP contribution in [0.25, 0.3) is 0 Å². The molecule has 0 spiro atoms. The second-order valence-electron chi connectivity index (χ2n) is 5.68. The lowest BCUT2D eigenvalue weighted by Crippen LogP contribution is -2.24. The number of anilines is 2. The number of benzene rings is 2. The number of carbonyl (C=O) groups is 2. The number of amides is 2. The van der Waals surface area contributed by atoms with E-state index < -0.39 is 0 Å². The van der Waals surface area contributed by atoms with Gasteiger partial charge in [0.1, 0.15) is 5.75 Å². The molecule has 1 heterocycles. The summed E-state index contributed by atoms with van der Waals surface area (Å²) >= 11 is 0. The molecule has 6 heteroatoms. The molecule has 126 valence electrons. The Labute approximate surface area is 145 Å². The average molecular weight is 335 g/mol. The lowest BCUT2D eigenvalue weighted by Gasteiger charge is -2.16. The predicted molar refractivity (Wildman–Crippen MR) is 93.3 cm³/mol. The Morgan fingerprint density at radius 2 is 2.08 bits per heavy atom. The molecule has 1 N–H and O–H groups in total. The number of nitriles is 1. The average Bonchev–Trinajstić information content (AvgIpc) is 3.06. The van der Waals surface area contributed by atoms with E-state index in [-0.39, 0.29) is 18.4 Å². The van der Waals surface area contributed by atoms with Crippen LogP contribution in [0.1, 0.15) is 18.4 Å². The molecule has 25 heavy (non-hydrogen) atoms. The number of carbonyl (C=O) groups excluding carboxylic acids is 2. The van der Waals surface area contributed by atoms with Gasteiger partial charge in [-0.15, -0.1) is 0 Å². The normalized spacial score (nSPS) is 13.4. The Balaban J connectivity index is 1.59. The third kappa shape index (κ3) is 4.15. The van der Waals surface area contributed by atoms with Gasteiger partial charge in [-0.25, -0.2) is 0 Å². The van der Waals surface area contributed by atoms with E-state index in [4.69, 9.17) is 10.00 Å². The van der Waals surface area contributed by atoms with Gasteiger partial charge >= 0.3 is 0 Å². The molecule has 6 nitrogen and oxygen atoms in total. The minimum atomic E-state index is -0.313. The predicted octanol–water partition coefficient (Wildman–Crippen LogP) is 2.70. The second kappa shape index (κ2) is 7.49. The van der Waals surface area contributed by atoms with Crippen LogP contribution in [0, 0.1) is 11.3 Å². The molecular weight excluding hydrogens is 318 g/mol. The number of nitrogens with zero attached hydrogens (tertiary/aromatic N) is 2. The van der Waals surface area contributed by atoms with Crippen molar-refractivity contribution in [2.45, 2.75) is 12.8 Å². The van der Waals surface area contributed by atoms with Crippen molar-refractivity contribution in [3.05, 3.63) is 54.1 Å². The lowest BCUT2D eigenvalue weighted by atomic mass is 10.2. The smallest absolute Gasteiger partial charge is 0.262 e. The summed E-state index contributed by atoms with van der Waals surface area (Å²) in [6.07, 6.45) is 1.41. The van der Waals surface area contributed by atoms with Crippen molar-refractivity contribution in [3.8, 4) is 11.8 Å². The van der Waals surface area contributed by atoms with E-state index in [0.717, 1.165) is 12.1 Å². The van der Waals surface area contributed by atoms with Gasteiger partial charge in [-0.2, -0.15) is 5.26 Å². The highest BCUT2D eigenvalue weighted by Crippen LogP contribution is 2.24. The summed E-state index contributed by atoms with van der Waals surface area (Å²) in [6.45, 7) is 0.538. The summed E-state index contributed by atoms with van der Waals surface area (Å²) in [5, 5.41) is 11.6. The summed E-state index contributed by atoms with van der Waals surface area (Å²) in [6, 6.07) is 15.8. The maximum atomic E-state index is 12.1. The molecule has 0 radical (unpaired) electrons. The fraction of sp³-hybridized carbons (Fsp3) is 0.211. The maximum Gasteiger partial charge on any atom is 0.262 e. The maximum absolute atomic E-state index is 12.1. The molecule has 0 saturated carbocycles. The molecule has 0 unspecified atom stereocenters. The quantitative estimate of drug-likeness (QED) is 0.911. The van der Waals surface area contributed by atoms with Gasteiger partial charge in [-0.05, 0) is 42.8 Å². The first-order chi connectivity index (χ1) is 12.2. The molecule has 0 aromatic heterocycles. The van der Waals surface area contributed by atoms with E-state index in [1.54, 1.807) is 47.4 Å². The topological polar surface area (TPSA) is 82.4 Å². The molecule has 0 aliphatic carbocycles. The van der Waals surface area contributed by atoms with E-state index in [9.17, 15) is 9.59 Å². The molecule has 1 fully saturated rings. The summed E-state index contributed by atoms with van der Waals surface area (Å²) in [5.41, 5.74) is 1.86. The number of nitrogens with one attached hydrogen (secondary N) is 1. The molecule has 1 aliphatic rings. The molecular formula is C19H17N3O3. The highest BCUT2D eigenvalue weighted by molar-refractivity contribution is 5.97. The largest absolute Gasteiger partial charge is 0.484 e. The third-order valence-electron chi connectivity index (χ3n) is 3.85. The van der Waals surface area contributed by atoms with Crippen LogP contribution < -0.4 is 15.0 Å². The zero-order valence-electron chi connectivity index (χ0n) is 13.6. The minimum Gasteiger partial charge on any atom is -0.484 e. The standard InChI is InChI=1S/C19H17N3O3/c20-12-14-4-1-7-17(10-14)25-13-18(23)21-15-5-2-6-16(11-15)22-9-3-8-19(22)24/h1-2,4-7,10-11H,3,8-9,13H2,(H,21,23). The van der Waals surface area contributed by atoms with Crippen LogP contribution in [-0.4, -0.2) is 25.0 Å². The Hall–Kier alpha value is -3.33. The summed E-state index contributed by atoms with van der Waals surface area (Å²) in [4.78, 5) is 25.6. The van der Waals surface area contributed by atoms with Crippen molar-refractivity contribution >= 4 is 23.2 Å². The van der Waals surface area contributed by atoms with Crippen LogP contribution in [-0.2, 0) is 9.59 Å². The van der Waals surface area contributed by atoms with Gasteiger partial charge in [0, 0.05) is 24.3 Å². The van der Waals surface area contributed by atoms with Crippen molar-refractivity contribution in [1.82, 2.24) is 0 Å². The van der Waals surface area contributed by atoms with Gasteiger partial charge in [-0.3, -0.25) is 9.59 Å². The molecule has 1 saturated heterocycles. The van der Waals surface area contributed by atoms with Crippen molar-refractivity contribution in [3.63, 3.8) is 0 Å². The molecule has 2 aromatic rings. The van der Waals surface area contributed by atoms with E-state index in [1.165, 1.54) is 0 Å². The van der Waals surface area contributed by atoms with Crippen LogP contribution >= 0.6 is 0 Å². The highest BCUT2D eigenvalue weighted by atomic mass is 16.5. The van der Waals surface area contributed by atoms with E-state index in [1.807, 2.05) is 12.1 Å². The first kappa shape index (κ1) is 16.5. The number of ether oxygens (including phenoxy) is 1. The monoisotopic (exact) mass is 335 g/mol. The zero-order chi connectivity index (χ0) is 17.6. The Bertz CT molecular complexity index is 842. The Morgan fingerprint density at radius 3 is 2.84 bits per heavy atom. The lowest BCUT2D eigenvalue weighted by molar-refractivity contribution is -0.118. The highest BCUT2D eigenvalue weighted by Gasteiger charge is 2.21. The Morgan fingerprint density at radius 1 is 1.24 bits per heavy atom. The number of hydrogen-bond donors (Lipinski definition) is 1. The summed E-state index contributed by atoms with van der Waals surface area (Å²) in [5.74, 6) is 0.252. The number of hydrogen-bond acceptors (Lipinski definition) is 4. The minimum absolute atomic E-state index is 0.101. The first-order valence-electron chi connectivity index (χ1n) is 7.99. The third-order valence-corrected chi connectivity index (χ3v) is 3.85. The zero-order valence-corrected chi connectivity index (χ0v) is 13.6. The molecule has 1 aliphatic heterocycles.